The van der Waals surface area contributed by atoms with Crippen LogP contribution < -0.4 is 15.1 Å². The molecule has 0 spiro atoms. The molecule has 0 saturated carbocycles. The van der Waals surface area contributed by atoms with Gasteiger partial charge in [0.2, 0.25) is 5.91 Å². The summed E-state index contributed by atoms with van der Waals surface area (Å²) >= 11 is 6.06. The predicted molar refractivity (Wildman–Crippen MR) is 162 cm³/mol. The number of amides is 1. The van der Waals surface area contributed by atoms with Crippen molar-refractivity contribution in [3.63, 3.8) is 0 Å². The summed E-state index contributed by atoms with van der Waals surface area (Å²) in [5.41, 5.74) is 4.91. The lowest BCUT2D eigenvalue weighted by Gasteiger charge is -2.40. The highest BCUT2D eigenvalue weighted by Crippen LogP contribution is 2.48. The van der Waals surface area contributed by atoms with Crippen LogP contribution in [0.15, 0.2) is 84.1 Å². The average molecular weight is 573 g/mol. The number of piperazine rings is 1. The molecular formula is C33H34ClFN4O2. The second kappa shape index (κ2) is 10.9. The quantitative estimate of drug-likeness (QED) is 0.390. The molecule has 1 amide bonds. The molecule has 41 heavy (non-hydrogen) atoms. The third kappa shape index (κ3) is 5.55. The molecule has 6 rings (SSSR count). The summed E-state index contributed by atoms with van der Waals surface area (Å²) in [6, 6.07) is 21.4. The van der Waals surface area contributed by atoms with Gasteiger partial charge in [0.05, 0.1) is 24.0 Å². The maximum Gasteiger partial charge on any atom is 0.242 e. The van der Waals surface area contributed by atoms with Gasteiger partial charge in [-0.05, 0) is 65.9 Å². The van der Waals surface area contributed by atoms with Gasteiger partial charge in [-0.3, -0.25) is 9.59 Å². The van der Waals surface area contributed by atoms with Crippen LogP contribution in [0.2, 0.25) is 5.02 Å². The zero-order valence-corrected chi connectivity index (χ0v) is 24.1. The first kappa shape index (κ1) is 27.3. The standard InChI is InChI=1S/C33H34ClFN4O2/c1-33(2)19-27-31(29(40)20-33)32(22-7-11-24(35)12-8-22)39(28-6-4-3-5-26(28)36-27)21-30(41)38-17-15-37(16-18-38)25-13-9-23(34)10-14-25/h3-14,32,36H,15-21H2,1-2H3. The van der Waals surface area contributed by atoms with E-state index in [1.54, 1.807) is 12.1 Å². The van der Waals surface area contributed by atoms with E-state index in [2.05, 4.69) is 24.1 Å². The number of allylic oxidation sites excluding steroid dienone is 1. The van der Waals surface area contributed by atoms with Crippen LogP contribution in [-0.4, -0.2) is 49.3 Å². The molecule has 2 aliphatic heterocycles. The maximum absolute atomic E-state index is 14.0. The molecule has 3 aromatic carbocycles. The molecular weight excluding hydrogens is 539 g/mol. The van der Waals surface area contributed by atoms with E-state index in [-0.39, 0.29) is 29.5 Å². The molecule has 1 fully saturated rings. The van der Waals surface area contributed by atoms with Gasteiger partial charge in [0.1, 0.15) is 5.82 Å². The molecule has 0 aromatic heterocycles. The molecule has 212 valence electrons. The van der Waals surface area contributed by atoms with Crippen LogP contribution in [0.5, 0.6) is 0 Å². The van der Waals surface area contributed by atoms with E-state index in [0.717, 1.165) is 41.4 Å². The number of Topliss-reactive ketones (excluding diaryl/α,β-unsaturated/α-hetero) is 1. The molecule has 2 heterocycles. The Morgan fingerprint density at radius 3 is 2.34 bits per heavy atom. The molecule has 0 radical (unpaired) electrons. The van der Waals surface area contributed by atoms with Gasteiger partial charge in [-0.25, -0.2) is 4.39 Å². The second-order valence-electron chi connectivity index (χ2n) is 11.9. The van der Waals surface area contributed by atoms with E-state index >= 15 is 0 Å². The largest absolute Gasteiger partial charge is 0.368 e. The summed E-state index contributed by atoms with van der Waals surface area (Å²) in [5, 5.41) is 4.27. The Kier molecular flexibility index (Phi) is 7.24. The topological polar surface area (TPSA) is 55.9 Å². The number of para-hydroxylation sites is 2. The molecule has 3 aliphatic rings. The van der Waals surface area contributed by atoms with Gasteiger partial charge in [-0.15, -0.1) is 0 Å². The highest BCUT2D eigenvalue weighted by molar-refractivity contribution is 6.30. The fourth-order valence-electron chi connectivity index (χ4n) is 6.33. The van der Waals surface area contributed by atoms with E-state index in [0.29, 0.717) is 36.5 Å². The van der Waals surface area contributed by atoms with Crippen LogP contribution in [0.1, 0.15) is 38.3 Å². The minimum Gasteiger partial charge on any atom is -0.368 e. The number of halogens is 2. The molecule has 1 N–H and O–H groups in total. The van der Waals surface area contributed by atoms with Crippen LogP contribution in [0.25, 0.3) is 0 Å². The first-order chi connectivity index (χ1) is 19.7. The number of hydrogen-bond donors (Lipinski definition) is 1. The fraction of sp³-hybridized carbons (Fsp3) is 0.333. The van der Waals surface area contributed by atoms with Crippen molar-refractivity contribution in [2.45, 2.75) is 32.7 Å². The van der Waals surface area contributed by atoms with Gasteiger partial charge in [-0.2, -0.15) is 0 Å². The van der Waals surface area contributed by atoms with Gasteiger partial charge in [-0.1, -0.05) is 49.7 Å². The minimum atomic E-state index is -0.523. The number of rotatable bonds is 4. The number of nitrogens with zero attached hydrogens (tertiary/aromatic N) is 3. The van der Waals surface area contributed by atoms with Crippen molar-refractivity contribution in [1.82, 2.24) is 4.90 Å². The van der Waals surface area contributed by atoms with E-state index in [1.807, 2.05) is 58.3 Å². The maximum atomic E-state index is 14.0. The molecule has 8 heteroatoms. The summed E-state index contributed by atoms with van der Waals surface area (Å²) < 4.78 is 14.0. The summed E-state index contributed by atoms with van der Waals surface area (Å²) in [7, 11) is 0. The molecule has 1 aliphatic carbocycles. The number of anilines is 3. The van der Waals surface area contributed by atoms with Crippen LogP contribution in [0.4, 0.5) is 21.5 Å². The Morgan fingerprint density at radius 1 is 0.951 bits per heavy atom. The number of nitrogens with one attached hydrogen (secondary N) is 1. The van der Waals surface area contributed by atoms with Gasteiger partial charge in [0.25, 0.3) is 0 Å². The van der Waals surface area contributed by atoms with Crippen molar-refractivity contribution in [2.75, 3.05) is 47.8 Å². The van der Waals surface area contributed by atoms with Crippen LogP contribution in [0, 0.1) is 11.2 Å². The minimum absolute atomic E-state index is 0.00434. The first-order valence-corrected chi connectivity index (χ1v) is 14.5. The SMILES string of the molecule is CC1(C)CC(=O)C2=C(C1)Nc1ccccc1N(CC(=O)N1CCN(c3ccc(Cl)cc3)CC1)C2c1ccc(F)cc1. The highest BCUT2D eigenvalue weighted by atomic mass is 35.5. The number of carbonyl (C=O) groups excluding carboxylic acids is 2. The molecule has 6 nitrogen and oxygen atoms in total. The van der Waals surface area contributed by atoms with Crippen molar-refractivity contribution in [3.05, 3.63) is 100 Å². The van der Waals surface area contributed by atoms with Crippen molar-refractivity contribution in [1.29, 1.82) is 0 Å². The number of hydrogen-bond acceptors (Lipinski definition) is 5. The number of ketones is 1. The van der Waals surface area contributed by atoms with Crippen molar-refractivity contribution in [2.24, 2.45) is 5.41 Å². The second-order valence-corrected chi connectivity index (χ2v) is 12.3. The Morgan fingerprint density at radius 2 is 1.63 bits per heavy atom. The summed E-state index contributed by atoms with van der Waals surface area (Å²) in [6.07, 6.45) is 1.12. The molecule has 1 unspecified atom stereocenters. The van der Waals surface area contributed by atoms with Crippen molar-refractivity contribution < 1.29 is 14.0 Å². The number of fused-ring (bicyclic) bond motifs is 1. The number of carbonyl (C=O) groups is 2. The molecule has 1 atom stereocenters. The Bertz CT molecular complexity index is 1490. The van der Waals surface area contributed by atoms with E-state index in [1.165, 1.54) is 12.1 Å². The van der Waals surface area contributed by atoms with Crippen LogP contribution >= 0.6 is 11.6 Å². The predicted octanol–water partition coefficient (Wildman–Crippen LogP) is 6.44. The zero-order valence-electron chi connectivity index (χ0n) is 23.4. The lowest BCUT2D eigenvalue weighted by molar-refractivity contribution is -0.130. The summed E-state index contributed by atoms with van der Waals surface area (Å²) in [4.78, 5) is 33.9. The zero-order chi connectivity index (χ0) is 28.7. The van der Waals surface area contributed by atoms with E-state index in [9.17, 15) is 14.0 Å². The van der Waals surface area contributed by atoms with Crippen LogP contribution in [-0.2, 0) is 9.59 Å². The third-order valence-electron chi connectivity index (χ3n) is 8.32. The highest BCUT2D eigenvalue weighted by Gasteiger charge is 2.42. The fourth-order valence-corrected chi connectivity index (χ4v) is 6.46. The lowest BCUT2D eigenvalue weighted by atomic mass is 9.73. The summed E-state index contributed by atoms with van der Waals surface area (Å²) in [5.74, 6) is -0.289. The van der Waals surface area contributed by atoms with Gasteiger partial charge in [0.15, 0.2) is 5.78 Å². The average Bonchev–Trinajstić information content (AvgIpc) is 3.08. The Balaban J connectivity index is 1.34. The van der Waals surface area contributed by atoms with E-state index in [4.69, 9.17) is 11.6 Å². The normalized spacial score (nSPS) is 20.2. The van der Waals surface area contributed by atoms with E-state index < -0.39 is 6.04 Å². The molecule has 0 bridgehead atoms. The summed E-state index contributed by atoms with van der Waals surface area (Å²) in [6.45, 7) is 6.92. The Labute approximate surface area is 245 Å². The molecule has 1 saturated heterocycles. The monoisotopic (exact) mass is 572 g/mol. The third-order valence-corrected chi connectivity index (χ3v) is 8.57. The van der Waals surface area contributed by atoms with Gasteiger partial charge >= 0.3 is 0 Å². The van der Waals surface area contributed by atoms with Gasteiger partial charge < -0.3 is 20.0 Å². The van der Waals surface area contributed by atoms with Crippen LogP contribution in [0.3, 0.4) is 0 Å². The number of benzene rings is 3. The molecule has 3 aromatic rings. The van der Waals surface area contributed by atoms with Gasteiger partial charge in [0, 0.05) is 54.6 Å². The lowest BCUT2D eigenvalue weighted by Crippen LogP contribution is -2.52. The van der Waals surface area contributed by atoms with Crippen molar-refractivity contribution >= 4 is 40.4 Å². The smallest absolute Gasteiger partial charge is 0.242 e. The first-order valence-electron chi connectivity index (χ1n) is 14.1. The van der Waals surface area contributed by atoms with Crippen molar-refractivity contribution in [3.8, 4) is 0 Å². The Hall–Kier alpha value is -3.84.